The fraction of sp³-hybridized carbons (Fsp3) is 0.500. The molecule has 1 aromatic heterocycles. The molecule has 0 radical (unpaired) electrons. The quantitative estimate of drug-likeness (QED) is 0.827. The number of hydrogen-bond acceptors (Lipinski definition) is 3. The van der Waals surface area contributed by atoms with Gasteiger partial charge in [-0.25, -0.2) is 4.98 Å². The molecule has 1 unspecified atom stereocenters. The second-order valence-electron chi connectivity index (χ2n) is 3.54. The maximum atomic E-state index is 5.89. The van der Waals surface area contributed by atoms with Crippen LogP contribution in [0.15, 0.2) is 24.4 Å². The first-order chi connectivity index (χ1) is 6.36. The van der Waals surface area contributed by atoms with Gasteiger partial charge in [-0.1, -0.05) is 6.07 Å². The molecule has 0 saturated carbocycles. The predicted octanol–water partition coefficient (Wildman–Crippen LogP) is 1.85. The first kappa shape index (κ1) is 14.5. The lowest BCUT2D eigenvalue weighted by atomic mass is 10.1. The number of piperidine rings is 1. The molecule has 0 bridgehead atoms. The summed E-state index contributed by atoms with van der Waals surface area (Å²) >= 11 is 0. The topological polar surface area (TPSA) is 42.1 Å². The molecule has 5 heteroatoms. The summed E-state index contributed by atoms with van der Waals surface area (Å²) in [6, 6.07) is 6.31. The molecule has 2 N–H and O–H groups in total. The lowest BCUT2D eigenvalue weighted by Crippen LogP contribution is -2.43. The van der Waals surface area contributed by atoms with Crippen LogP contribution in [0.25, 0.3) is 0 Å². The Hall–Kier alpha value is -0.510. The Labute approximate surface area is 103 Å². The highest BCUT2D eigenvalue weighted by Gasteiger charge is 2.16. The van der Waals surface area contributed by atoms with E-state index in [0.717, 1.165) is 25.3 Å². The molecule has 1 atom stereocenters. The number of hydrogen-bond donors (Lipinski definition) is 1. The Bertz CT molecular complexity index is 269. The molecule has 1 saturated heterocycles. The number of aromatic nitrogens is 1. The normalized spacial score (nSPS) is 20.1. The van der Waals surface area contributed by atoms with Crippen molar-refractivity contribution in [2.45, 2.75) is 18.9 Å². The van der Waals surface area contributed by atoms with Crippen molar-refractivity contribution in [3.8, 4) is 0 Å². The minimum Gasteiger partial charge on any atom is -0.355 e. The molecule has 0 aliphatic carbocycles. The largest absolute Gasteiger partial charge is 0.355 e. The summed E-state index contributed by atoms with van der Waals surface area (Å²) in [5.41, 5.74) is 5.89. The SMILES string of the molecule is Cl.Cl.NC1CCCN(c2ccccn2)C1. The Kier molecular flexibility index (Phi) is 6.65. The molecule has 3 nitrogen and oxygen atoms in total. The standard InChI is InChI=1S/C10H15N3.2ClH/c11-9-4-3-7-13(8-9)10-5-1-2-6-12-10;;/h1-2,5-6,9H,3-4,7-8,11H2;2*1H. The van der Waals surface area contributed by atoms with Crippen molar-refractivity contribution in [1.82, 2.24) is 4.98 Å². The zero-order valence-electron chi connectivity index (χ0n) is 8.50. The number of rotatable bonds is 1. The Morgan fingerprint density at radius 1 is 1.33 bits per heavy atom. The molecular formula is C10H17Cl2N3. The van der Waals surface area contributed by atoms with Gasteiger partial charge >= 0.3 is 0 Å². The number of pyridine rings is 1. The number of anilines is 1. The molecule has 1 aliphatic heterocycles. The van der Waals surface area contributed by atoms with E-state index in [1.54, 1.807) is 0 Å². The molecular weight excluding hydrogens is 233 g/mol. The Balaban J connectivity index is 0.000000980. The maximum Gasteiger partial charge on any atom is 0.128 e. The summed E-state index contributed by atoms with van der Waals surface area (Å²) in [5, 5.41) is 0. The van der Waals surface area contributed by atoms with Crippen LogP contribution in [-0.4, -0.2) is 24.1 Å². The first-order valence-corrected chi connectivity index (χ1v) is 4.78. The van der Waals surface area contributed by atoms with Gasteiger partial charge in [-0.15, -0.1) is 24.8 Å². The summed E-state index contributed by atoms with van der Waals surface area (Å²) in [5.74, 6) is 1.05. The molecule has 2 rings (SSSR count). The van der Waals surface area contributed by atoms with Gasteiger partial charge in [-0.05, 0) is 25.0 Å². The molecule has 2 heterocycles. The highest BCUT2D eigenvalue weighted by molar-refractivity contribution is 5.85. The number of halogens is 2. The summed E-state index contributed by atoms with van der Waals surface area (Å²) in [4.78, 5) is 6.57. The zero-order valence-corrected chi connectivity index (χ0v) is 10.1. The van der Waals surface area contributed by atoms with Crippen LogP contribution in [0.4, 0.5) is 5.82 Å². The second kappa shape index (κ2) is 6.88. The van der Waals surface area contributed by atoms with Crippen molar-refractivity contribution in [3.05, 3.63) is 24.4 Å². The van der Waals surface area contributed by atoms with Gasteiger partial charge in [0, 0.05) is 25.3 Å². The van der Waals surface area contributed by atoms with Crippen molar-refractivity contribution in [2.24, 2.45) is 5.73 Å². The minimum absolute atomic E-state index is 0. The fourth-order valence-electron chi connectivity index (χ4n) is 1.76. The van der Waals surface area contributed by atoms with E-state index in [2.05, 4.69) is 9.88 Å². The third-order valence-corrected chi connectivity index (χ3v) is 2.43. The van der Waals surface area contributed by atoms with Crippen molar-refractivity contribution in [2.75, 3.05) is 18.0 Å². The van der Waals surface area contributed by atoms with E-state index in [0.29, 0.717) is 6.04 Å². The molecule has 1 aliphatic rings. The lowest BCUT2D eigenvalue weighted by molar-refractivity contribution is 0.503. The number of nitrogens with zero attached hydrogens (tertiary/aromatic N) is 2. The van der Waals surface area contributed by atoms with E-state index >= 15 is 0 Å². The number of nitrogens with two attached hydrogens (primary N) is 1. The van der Waals surface area contributed by atoms with Gasteiger partial charge in [0.05, 0.1) is 0 Å². The van der Waals surface area contributed by atoms with E-state index in [-0.39, 0.29) is 24.8 Å². The Morgan fingerprint density at radius 2 is 2.13 bits per heavy atom. The second-order valence-corrected chi connectivity index (χ2v) is 3.54. The van der Waals surface area contributed by atoms with E-state index in [9.17, 15) is 0 Å². The van der Waals surface area contributed by atoms with Gasteiger partial charge in [-0.2, -0.15) is 0 Å². The van der Waals surface area contributed by atoms with Gasteiger partial charge < -0.3 is 10.6 Å². The summed E-state index contributed by atoms with van der Waals surface area (Å²) < 4.78 is 0. The van der Waals surface area contributed by atoms with Crippen LogP contribution in [0.1, 0.15) is 12.8 Å². The lowest BCUT2D eigenvalue weighted by Gasteiger charge is -2.31. The monoisotopic (exact) mass is 249 g/mol. The zero-order chi connectivity index (χ0) is 9.10. The van der Waals surface area contributed by atoms with Crippen LogP contribution >= 0.6 is 24.8 Å². The average molecular weight is 250 g/mol. The molecule has 1 aromatic rings. The molecule has 1 fully saturated rings. The maximum absolute atomic E-state index is 5.89. The van der Waals surface area contributed by atoms with Crippen molar-refractivity contribution in [3.63, 3.8) is 0 Å². The van der Waals surface area contributed by atoms with Crippen molar-refractivity contribution in [1.29, 1.82) is 0 Å². The van der Waals surface area contributed by atoms with E-state index < -0.39 is 0 Å². The third-order valence-electron chi connectivity index (χ3n) is 2.43. The van der Waals surface area contributed by atoms with Gasteiger partial charge in [0.15, 0.2) is 0 Å². The fourth-order valence-corrected chi connectivity index (χ4v) is 1.76. The van der Waals surface area contributed by atoms with Crippen LogP contribution in [0.5, 0.6) is 0 Å². The molecule has 0 aromatic carbocycles. The average Bonchev–Trinajstić information content (AvgIpc) is 2.19. The van der Waals surface area contributed by atoms with Gasteiger partial charge in [-0.3, -0.25) is 0 Å². The van der Waals surface area contributed by atoms with Crippen LogP contribution in [0.3, 0.4) is 0 Å². The van der Waals surface area contributed by atoms with Gasteiger partial charge in [0.2, 0.25) is 0 Å². The molecule has 0 spiro atoms. The highest BCUT2D eigenvalue weighted by Crippen LogP contribution is 2.15. The van der Waals surface area contributed by atoms with Gasteiger partial charge in [0.1, 0.15) is 5.82 Å². The van der Waals surface area contributed by atoms with Crippen LogP contribution in [-0.2, 0) is 0 Å². The highest BCUT2D eigenvalue weighted by atomic mass is 35.5. The van der Waals surface area contributed by atoms with E-state index in [4.69, 9.17) is 5.73 Å². The van der Waals surface area contributed by atoms with E-state index in [1.807, 2.05) is 24.4 Å². The smallest absolute Gasteiger partial charge is 0.128 e. The van der Waals surface area contributed by atoms with Crippen LogP contribution < -0.4 is 10.6 Å². The van der Waals surface area contributed by atoms with Crippen LogP contribution in [0, 0.1) is 0 Å². The predicted molar refractivity (Wildman–Crippen MR) is 68.2 cm³/mol. The van der Waals surface area contributed by atoms with Crippen molar-refractivity contribution >= 4 is 30.6 Å². The third kappa shape index (κ3) is 3.86. The van der Waals surface area contributed by atoms with Crippen LogP contribution in [0.2, 0.25) is 0 Å². The first-order valence-electron chi connectivity index (χ1n) is 4.78. The van der Waals surface area contributed by atoms with E-state index in [1.165, 1.54) is 6.42 Å². The molecule has 86 valence electrons. The van der Waals surface area contributed by atoms with Crippen molar-refractivity contribution < 1.29 is 0 Å². The summed E-state index contributed by atoms with van der Waals surface area (Å²) in [7, 11) is 0. The van der Waals surface area contributed by atoms with Gasteiger partial charge in [0.25, 0.3) is 0 Å². The molecule has 15 heavy (non-hydrogen) atoms. The summed E-state index contributed by atoms with van der Waals surface area (Å²) in [6.45, 7) is 2.03. The minimum atomic E-state index is 0. The Morgan fingerprint density at radius 3 is 2.73 bits per heavy atom. The molecule has 0 amide bonds. The summed E-state index contributed by atoms with van der Waals surface area (Å²) in [6.07, 6.45) is 4.15.